The normalized spacial score (nSPS) is 13.7. The summed E-state index contributed by atoms with van der Waals surface area (Å²) in [7, 11) is 3.92. The Morgan fingerprint density at radius 3 is 2.74 bits per heavy atom. The molecule has 0 spiro atoms. The summed E-state index contributed by atoms with van der Waals surface area (Å²) in [5, 5.41) is 11.2. The van der Waals surface area contributed by atoms with Gasteiger partial charge >= 0.3 is 0 Å². The lowest BCUT2D eigenvalue weighted by Gasteiger charge is -2.22. The van der Waals surface area contributed by atoms with Crippen LogP contribution in [0.5, 0.6) is 0 Å². The standard InChI is InChI=1S/C15H24N8/c1-10-18-11(2)23(21-10)8-7-17-14-12-5-6-16-9-13(12)19-15(20-14)22(3)4/h16H,5-9H2,1-4H3,(H,17,19,20). The van der Waals surface area contributed by atoms with Gasteiger partial charge in [0, 0.05) is 32.7 Å². The number of anilines is 2. The highest BCUT2D eigenvalue weighted by atomic mass is 15.3. The summed E-state index contributed by atoms with van der Waals surface area (Å²) in [6, 6.07) is 0. The summed E-state index contributed by atoms with van der Waals surface area (Å²) in [6.07, 6.45) is 0.951. The van der Waals surface area contributed by atoms with Crippen LogP contribution in [0.25, 0.3) is 0 Å². The van der Waals surface area contributed by atoms with Crippen molar-refractivity contribution in [2.24, 2.45) is 0 Å². The van der Waals surface area contributed by atoms with E-state index in [4.69, 9.17) is 0 Å². The zero-order valence-electron chi connectivity index (χ0n) is 14.2. The van der Waals surface area contributed by atoms with Gasteiger partial charge in [0.25, 0.3) is 0 Å². The molecule has 0 unspecified atom stereocenters. The van der Waals surface area contributed by atoms with Gasteiger partial charge in [0.05, 0.1) is 12.2 Å². The first kappa shape index (κ1) is 15.7. The minimum Gasteiger partial charge on any atom is -0.368 e. The Hall–Kier alpha value is -2.22. The maximum absolute atomic E-state index is 4.67. The molecule has 2 N–H and O–H groups in total. The van der Waals surface area contributed by atoms with E-state index in [-0.39, 0.29) is 0 Å². The molecule has 0 fully saturated rings. The van der Waals surface area contributed by atoms with Crippen molar-refractivity contribution in [3.8, 4) is 0 Å². The molecule has 1 aliphatic rings. The Kier molecular flexibility index (Phi) is 4.42. The minimum absolute atomic E-state index is 0.739. The van der Waals surface area contributed by atoms with Crippen molar-refractivity contribution in [1.29, 1.82) is 0 Å². The number of hydrogen-bond donors (Lipinski definition) is 2. The molecule has 0 radical (unpaired) electrons. The van der Waals surface area contributed by atoms with Gasteiger partial charge < -0.3 is 15.5 Å². The van der Waals surface area contributed by atoms with Crippen LogP contribution in [0.2, 0.25) is 0 Å². The molecule has 0 saturated heterocycles. The van der Waals surface area contributed by atoms with E-state index in [0.29, 0.717) is 0 Å². The van der Waals surface area contributed by atoms with Crippen LogP contribution in [0.4, 0.5) is 11.8 Å². The largest absolute Gasteiger partial charge is 0.368 e. The molecule has 0 saturated carbocycles. The molecule has 2 aromatic heterocycles. The second kappa shape index (κ2) is 6.49. The van der Waals surface area contributed by atoms with Crippen molar-refractivity contribution in [1.82, 2.24) is 30.0 Å². The molecule has 0 bridgehead atoms. The predicted molar refractivity (Wildman–Crippen MR) is 89.8 cm³/mol. The lowest BCUT2D eigenvalue weighted by atomic mass is 10.1. The van der Waals surface area contributed by atoms with E-state index >= 15 is 0 Å². The molecule has 124 valence electrons. The molecule has 8 nitrogen and oxygen atoms in total. The van der Waals surface area contributed by atoms with E-state index in [0.717, 1.165) is 61.7 Å². The molecule has 2 aromatic rings. The lowest BCUT2D eigenvalue weighted by Crippen LogP contribution is -2.28. The van der Waals surface area contributed by atoms with Crippen LogP contribution in [0, 0.1) is 13.8 Å². The Balaban J connectivity index is 1.76. The van der Waals surface area contributed by atoms with Crippen molar-refractivity contribution in [3.05, 3.63) is 22.9 Å². The molecule has 1 aliphatic heterocycles. The third-order valence-corrected chi connectivity index (χ3v) is 3.90. The zero-order chi connectivity index (χ0) is 16.4. The quantitative estimate of drug-likeness (QED) is 0.831. The molecule has 0 aromatic carbocycles. The van der Waals surface area contributed by atoms with E-state index < -0.39 is 0 Å². The van der Waals surface area contributed by atoms with Gasteiger partial charge in [0.15, 0.2) is 0 Å². The fourth-order valence-electron chi connectivity index (χ4n) is 2.75. The predicted octanol–water partition coefficient (Wildman–Crippen LogP) is 0.509. The summed E-state index contributed by atoms with van der Waals surface area (Å²) >= 11 is 0. The molecule has 23 heavy (non-hydrogen) atoms. The Bertz CT molecular complexity index is 691. The van der Waals surface area contributed by atoms with Gasteiger partial charge in [-0.15, -0.1) is 0 Å². The summed E-state index contributed by atoms with van der Waals surface area (Å²) < 4.78 is 1.92. The highest BCUT2D eigenvalue weighted by Crippen LogP contribution is 2.22. The van der Waals surface area contributed by atoms with Gasteiger partial charge in [0.2, 0.25) is 5.95 Å². The second-order valence-corrected chi connectivity index (χ2v) is 5.97. The van der Waals surface area contributed by atoms with Gasteiger partial charge in [-0.2, -0.15) is 10.1 Å². The van der Waals surface area contributed by atoms with Crippen LogP contribution in [-0.2, 0) is 19.5 Å². The first-order valence-electron chi connectivity index (χ1n) is 7.94. The van der Waals surface area contributed by atoms with Gasteiger partial charge in [-0.3, -0.25) is 0 Å². The highest BCUT2D eigenvalue weighted by molar-refractivity contribution is 5.52. The Morgan fingerprint density at radius 1 is 1.22 bits per heavy atom. The van der Waals surface area contributed by atoms with E-state index in [9.17, 15) is 0 Å². The molecule has 0 aliphatic carbocycles. The van der Waals surface area contributed by atoms with Crippen molar-refractivity contribution in [2.75, 3.05) is 37.4 Å². The van der Waals surface area contributed by atoms with E-state index in [1.54, 1.807) is 0 Å². The van der Waals surface area contributed by atoms with Crippen LogP contribution < -0.4 is 15.5 Å². The first-order chi connectivity index (χ1) is 11.0. The van der Waals surface area contributed by atoms with Crippen molar-refractivity contribution < 1.29 is 0 Å². The molecule has 0 amide bonds. The van der Waals surface area contributed by atoms with Gasteiger partial charge in [-0.25, -0.2) is 14.6 Å². The average Bonchev–Trinajstić information content (AvgIpc) is 2.84. The number of nitrogens with one attached hydrogen (secondary N) is 2. The van der Waals surface area contributed by atoms with E-state index in [2.05, 4.69) is 30.7 Å². The second-order valence-electron chi connectivity index (χ2n) is 5.97. The summed E-state index contributed by atoms with van der Waals surface area (Å²) in [5.41, 5.74) is 2.31. The van der Waals surface area contributed by atoms with E-state index in [1.165, 1.54) is 5.56 Å². The van der Waals surface area contributed by atoms with Crippen molar-refractivity contribution in [3.63, 3.8) is 0 Å². The average molecular weight is 316 g/mol. The monoisotopic (exact) mass is 316 g/mol. The van der Waals surface area contributed by atoms with Crippen molar-refractivity contribution in [2.45, 2.75) is 33.4 Å². The number of rotatable bonds is 5. The first-order valence-corrected chi connectivity index (χ1v) is 7.94. The fourth-order valence-corrected chi connectivity index (χ4v) is 2.75. The maximum Gasteiger partial charge on any atom is 0.227 e. The summed E-state index contributed by atoms with van der Waals surface area (Å²) in [5.74, 6) is 3.42. The molecule has 3 heterocycles. The Labute approximate surface area is 136 Å². The minimum atomic E-state index is 0.739. The van der Waals surface area contributed by atoms with Gasteiger partial charge in [-0.05, 0) is 26.8 Å². The van der Waals surface area contributed by atoms with Crippen LogP contribution in [0.1, 0.15) is 22.9 Å². The molecular weight excluding hydrogens is 292 g/mol. The Morgan fingerprint density at radius 2 is 2.04 bits per heavy atom. The summed E-state index contributed by atoms with van der Waals surface area (Å²) in [4.78, 5) is 15.6. The smallest absolute Gasteiger partial charge is 0.227 e. The van der Waals surface area contributed by atoms with Crippen LogP contribution in [0.15, 0.2) is 0 Å². The third kappa shape index (κ3) is 3.42. The number of nitrogens with zero attached hydrogens (tertiary/aromatic N) is 6. The van der Waals surface area contributed by atoms with E-state index in [1.807, 2.05) is 37.5 Å². The van der Waals surface area contributed by atoms with Gasteiger partial charge in [0.1, 0.15) is 17.5 Å². The SMILES string of the molecule is Cc1nc(C)n(CCNc2nc(N(C)C)nc3c2CCNC3)n1. The number of fused-ring (bicyclic) bond motifs is 1. The number of aryl methyl sites for hydroxylation is 2. The third-order valence-electron chi connectivity index (χ3n) is 3.90. The van der Waals surface area contributed by atoms with Crippen molar-refractivity contribution >= 4 is 11.8 Å². The molecular formula is C15H24N8. The van der Waals surface area contributed by atoms with Gasteiger partial charge in [-0.1, -0.05) is 0 Å². The maximum atomic E-state index is 4.67. The van der Waals surface area contributed by atoms with Crippen LogP contribution in [0.3, 0.4) is 0 Å². The topological polar surface area (TPSA) is 83.8 Å². The fraction of sp³-hybridized carbons (Fsp3) is 0.600. The lowest BCUT2D eigenvalue weighted by molar-refractivity contribution is 0.606. The molecule has 8 heteroatoms. The summed E-state index contributed by atoms with van der Waals surface area (Å²) in [6.45, 7) is 7.17. The number of hydrogen-bond acceptors (Lipinski definition) is 7. The number of aromatic nitrogens is 5. The van der Waals surface area contributed by atoms with Crippen LogP contribution >= 0.6 is 0 Å². The molecule has 3 rings (SSSR count). The van der Waals surface area contributed by atoms with Crippen LogP contribution in [-0.4, -0.2) is 51.9 Å². The molecule has 0 atom stereocenters. The highest BCUT2D eigenvalue weighted by Gasteiger charge is 2.18. The zero-order valence-corrected chi connectivity index (χ0v) is 14.2.